The molecule has 0 saturated carbocycles. The topological polar surface area (TPSA) is 18.5 Å². The van der Waals surface area contributed by atoms with Crippen molar-refractivity contribution in [2.24, 2.45) is 0 Å². The standard InChI is InChI=1S/C36H34Br2O2Si2/c1-41(2,3)39-35(23-21-27-13-9-7-10-14-27)31-19-17-30(38)26-34(31)36(40-42(4,5)6,24-22-28-15-11-8-12-16-28)32-20-18-29(37)25-33(32)35/h7-20,25-26H,1-6H3. The fourth-order valence-electron chi connectivity index (χ4n) is 5.34. The van der Waals surface area contributed by atoms with Crippen molar-refractivity contribution < 1.29 is 8.85 Å². The molecule has 1 aliphatic carbocycles. The van der Waals surface area contributed by atoms with Crippen LogP contribution in [0.15, 0.2) is 106 Å². The summed E-state index contributed by atoms with van der Waals surface area (Å²) in [5.41, 5.74) is 3.64. The van der Waals surface area contributed by atoms with E-state index in [1.165, 1.54) is 0 Å². The van der Waals surface area contributed by atoms with Crippen LogP contribution in [0.3, 0.4) is 0 Å². The van der Waals surface area contributed by atoms with Crippen molar-refractivity contribution in [3.8, 4) is 23.7 Å². The van der Waals surface area contributed by atoms with E-state index >= 15 is 0 Å². The number of hydrogen-bond donors (Lipinski definition) is 0. The van der Waals surface area contributed by atoms with Gasteiger partial charge in [0.1, 0.15) is 0 Å². The monoisotopic (exact) mass is 712 g/mol. The largest absolute Gasteiger partial charge is 0.395 e. The van der Waals surface area contributed by atoms with Crippen LogP contribution in [-0.4, -0.2) is 16.6 Å². The Morgan fingerprint density at radius 1 is 0.500 bits per heavy atom. The Morgan fingerprint density at radius 2 is 0.857 bits per heavy atom. The lowest BCUT2D eigenvalue weighted by Crippen LogP contribution is -2.51. The summed E-state index contributed by atoms with van der Waals surface area (Å²) in [6.07, 6.45) is 0. The maximum atomic E-state index is 7.26. The lowest BCUT2D eigenvalue weighted by molar-refractivity contribution is 0.116. The summed E-state index contributed by atoms with van der Waals surface area (Å²) in [7, 11) is -4.37. The summed E-state index contributed by atoms with van der Waals surface area (Å²) in [5.74, 6) is 14.3. The van der Waals surface area contributed by atoms with Gasteiger partial charge in [-0.05, 0) is 87.8 Å². The van der Waals surface area contributed by atoms with Gasteiger partial charge in [0.25, 0.3) is 0 Å². The molecule has 42 heavy (non-hydrogen) atoms. The van der Waals surface area contributed by atoms with Crippen LogP contribution >= 0.6 is 31.9 Å². The van der Waals surface area contributed by atoms with Gasteiger partial charge in [0, 0.05) is 42.3 Å². The summed E-state index contributed by atoms with van der Waals surface area (Å²) in [4.78, 5) is 0. The normalized spacial score (nSPS) is 19.4. The van der Waals surface area contributed by atoms with Crippen LogP contribution in [0.2, 0.25) is 39.3 Å². The highest BCUT2D eigenvalue weighted by molar-refractivity contribution is 9.10. The van der Waals surface area contributed by atoms with Gasteiger partial charge in [-0.3, -0.25) is 0 Å². The van der Waals surface area contributed by atoms with E-state index < -0.39 is 27.8 Å². The third-order valence-corrected chi connectivity index (χ3v) is 9.54. The van der Waals surface area contributed by atoms with Gasteiger partial charge in [0.05, 0.1) is 0 Å². The number of benzene rings is 4. The quantitative estimate of drug-likeness (QED) is 0.155. The van der Waals surface area contributed by atoms with Crippen molar-refractivity contribution in [3.05, 3.63) is 139 Å². The second-order valence-corrected chi connectivity index (χ2v) is 23.1. The summed E-state index contributed by atoms with van der Waals surface area (Å²) >= 11 is 7.55. The third-order valence-electron chi connectivity index (χ3n) is 6.71. The molecule has 4 aromatic carbocycles. The van der Waals surface area contributed by atoms with Crippen molar-refractivity contribution in [1.29, 1.82) is 0 Å². The smallest absolute Gasteiger partial charge is 0.186 e. The minimum atomic E-state index is -2.19. The van der Waals surface area contributed by atoms with Crippen molar-refractivity contribution in [1.82, 2.24) is 0 Å². The van der Waals surface area contributed by atoms with Gasteiger partial charge in [0.2, 0.25) is 0 Å². The summed E-state index contributed by atoms with van der Waals surface area (Å²) in [5, 5.41) is 0. The second kappa shape index (κ2) is 11.8. The fourth-order valence-corrected chi connectivity index (χ4v) is 8.44. The number of rotatable bonds is 4. The van der Waals surface area contributed by atoms with Crippen LogP contribution in [0.25, 0.3) is 0 Å². The van der Waals surface area contributed by atoms with Crippen LogP contribution in [-0.2, 0) is 20.1 Å². The highest BCUT2D eigenvalue weighted by Crippen LogP contribution is 2.54. The van der Waals surface area contributed by atoms with E-state index in [0.717, 1.165) is 42.3 Å². The summed E-state index contributed by atoms with van der Waals surface area (Å²) in [6.45, 7) is 13.3. The molecule has 0 spiro atoms. The number of hydrogen-bond acceptors (Lipinski definition) is 2. The van der Waals surface area contributed by atoms with Gasteiger partial charge in [0.15, 0.2) is 27.8 Å². The molecule has 0 fully saturated rings. The highest BCUT2D eigenvalue weighted by atomic mass is 79.9. The lowest BCUT2D eigenvalue weighted by Gasteiger charge is -2.48. The van der Waals surface area contributed by atoms with Crippen LogP contribution in [0.4, 0.5) is 0 Å². The van der Waals surface area contributed by atoms with Crippen molar-refractivity contribution in [2.45, 2.75) is 50.5 Å². The first-order valence-electron chi connectivity index (χ1n) is 14.0. The molecule has 0 N–H and O–H groups in total. The molecule has 0 radical (unpaired) electrons. The molecule has 2 unspecified atom stereocenters. The Labute approximate surface area is 269 Å². The summed E-state index contributed by atoms with van der Waals surface area (Å²) in [6, 6.07) is 32.9. The molecule has 0 saturated heterocycles. The van der Waals surface area contributed by atoms with E-state index in [4.69, 9.17) is 8.85 Å². The SMILES string of the molecule is C[Si](C)(C)OC1(C#Cc2ccccc2)c2ccc(Br)cc2C(C#Cc2ccccc2)(O[Si](C)(C)C)c2ccc(Br)cc21. The molecular formula is C36H34Br2O2Si2. The van der Waals surface area contributed by atoms with Gasteiger partial charge in [-0.1, -0.05) is 104 Å². The maximum Gasteiger partial charge on any atom is 0.186 e. The minimum Gasteiger partial charge on any atom is -0.395 e. The van der Waals surface area contributed by atoms with E-state index in [1.54, 1.807) is 0 Å². The van der Waals surface area contributed by atoms with Crippen molar-refractivity contribution in [2.75, 3.05) is 0 Å². The average Bonchev–Trinajstić information content (AvgIpc) is 2.93. The Bertz CT molecular complexity index is 1610. The van der Waals surface area contributed by atoms with Crippen molar-refractivity contribution >= 4 is 48.5 Å². The van der Waals surface area contributed by atoms with Crippen LogP contribution < -0.4 is 0 Å². The van der Waals surface area contributed by atoms with E-state index in [2.05, 4.69) is 131 Å². The number of fused-ring (bicyclic) bond motifs is 2. The molecule has 0 amide bonds. The van der Waals surface area contributed by atoms with Crippen LogP contribution in [0.1, 0.15) is 33.4 Å². The molecule has 0 aromatic heterocycles. The zero-order valence-corrected chi connectivity index (χ0v) is 30.0. The minimum absolute atomic E-state index is 0.935. The molecule has 1 aliphatic rings. The molecule has 6 heteroatoms. The van der Waals surface area contributed by atoms with Crippen LogP contribution in [0, 0.1) is 23.7 Å². The molecule has 2 atom stereocenters. The Hall–Kier alpha value is -2.69. The van der Waals surface area contributed by atoms with Gasteiger partial charge in [-0.15, -0.1) is 0 Å². The Kier molecular flexibility index (Phi) is 8.62. The molecule has 0 heterocycles. The molecule has 2 nitrogen and oxygen atoms in total. The molecule has 212 valence electrons. The van der Waals surface area contributed by atoms with E-state index in [9.17, 15) is 0 Å². The van der Waals surface area contributed by atoms with Crippen molar-refractivity contribution in [3.63, 3.8) is 0 Å². The zero-order chi connectivity index (χ0) is 30.2. The molecule has 4 aromatic rings. The predicted molar refractivity (Wildman–Crippen MR) is 185 cm³/mol. The van der Waals surface area contributed by atoms with E-state index in [0.29, 0.717) is 0 Å². The molecule has 0 aliphatic heterocycles. The molecular weight excluding hydrogens is 680 g/mol. The van der Waals surface area contributed by atoms with Crippen LogP contribution in [0.5, 0.6) is 0 Å². The lowest BCUT2D eigenvalue weighted by atomic mass is 9.68. The zero-order valence-electron chi connectivity index (χ0n) is 24.8. The average molecular weight is 715 g/mol. The molecule has 5 rings (SSSR count). The number of halogens is 2. The first-order chi connectivity index (χ1) is 19.8. The maximum absolute atomic E-state index is 7.26. The fraction of sp³-hybridized carbons (Fsp3) is 0.222. The van der Waals surface area contributed by atoms with E-state index in [1.807, 2.05) is 60.7 Å². The Morgan fingerprint density at radius 3 is 1.19 bits per heavy atom. The second-order valence-electron chi connectivity index (χ2n) is 12.4. The van der Waals surface area contributed by atoms with E-state index in [-0.39, 0.29) is 0 Å². The molecule has 0 bridgehead atoms. The van der Waals surface area contributed by atoms with Gasteiger partial charge >= 0.3 is 0 Å². The first-order valence-corrected chi connectivity index (χ1v) is 22.4. The Balaban J connectivity index is 1.94. The van der Waals surface area contributed by atoms with Gasteiger partial charge < -0.3 is 8.85 Å². The highest BCUT2D eigenvalue weighted by Gasteiger charge is 2.54. The summed E-state index contributed by atoms with van der Waals surface area (Å²) < 4.78 is 16.4. The van der Waals surface area contributed by atoms with Gasteiger partial charge in [-0.2, -0.15) is 0 Å². The predicted octanol–water partition coefficient (Wildman–Crippen LogP) is 9.82. The third kappa shape index (κ3) is 6.45. The van der Waals surface area contributed by atoms with Gasteiger partial charge in [-0.25, -0.2) is 0 Å². The first kappa shape index (κ1) is 30.8.